The molecule has 1 N–H and O–H groups in total. The Hall–Kier alpha value is -4.00. The van der Waals surface area contributed by atoms with Crippen LogP contribution in [-0.4, -0.2) is 17.8 Å². The molecule has 1 heterocycles. The summed E-state index contributed by atoms with van der Waals surface area (Å²) in [5.74, 6) is -2.45. The van der Waals surface area contributed by atoms with Crippen LogP contribution in [0.15, 0.2) is 71.1 Å². The first kappa shape index (κ1) is 22.2. The van der Waals surface area contributed by atoms with Crippen LogP contribution in [-0.2, 0) is 4.79 Å². The number of ketones is 1. The van der Waals surface area contributed by atoms with Gasteiger partial charge in [0.25, 0.3) is 5.91 Å². The molecule has 7 heteroatoms. The van der Waals surface area contributed by atoms with Crippen LogP contribution in [0.3, 0.4) is 0 Å². The standard InChI is InChI=1S/C26H21F2NO4/c1-3-20(32-22-11-7-5-9-18(22)27)26(31)29-23-17-8-4-6-10-21(17)33-25(23)24(30)16-13-12-15(2)19(28)14-16/h4-14,20H,3H2,1-2H3,(H,29,31). The molecule has 4 rings (SSSR count). The summed E-state index contributed by atoms with van der Waals surface area (Å²) in [6, 6.07) is 16.7. The summed E-state index contributed by atoms with van der Waals surface area (Å²) in [5, 5.41) is 3.21. The van der Waals surface area contributed by atoms with Crippen LogP contribution in [0.2, 0.25) is 0 Å². The third-order valence-corrected chi connectivity index (χ3v) is 5.25. The van der Waals surface area contributed by atoms with Gasteiger partial charge in [0.15, 0.2) is 23.4 Å². The van der Waals surface area contributed by atoms with Crippen LogP contribution in [0.5, 0.6) is 5.75 Å². The van der Waals surface area contributed by atoms with E-state index in [-0.39, 0.29) is 29.2 Å². The van der Waals surface area contributed by atoms with Gasteiger partial charge in [-0.1, -0.05) is 43.3 Å². The molecular formula is C26H21F2NO4. The van der Waals surface area contributed by atoms with Gasteiger partial charge in [-0.25, -0.2) is 8.78 Å². The molecule has 0 radical (unpaired) electrons. The molecule has 1 atom stereocenters. The van der Waals surface area contributed by atoms with Crippen molar-refractivity contribution >= 4 is 28.3 Å². The second-order valence-electron chi connectivity index (χ2n) is 7.53. The van der Waals surface area contributed by atoms with Crippen molar-refractivity contribution < 1.29 is 27.5 Å². The summed E-state index contributed by atoms with van der Waals surface area (Å²) >= 11 is 0. The molecule has 0 aliphatic rings. The Morgan fingerprint density at radius 1 is 1.00 bits per heavy atom. The Kier molecular flexibility index (Phi) is 6.22. The van der Waals surface area contributed by atoms with Gasteiger partial charge in [0.1, 0.15) is 11.4 Å². The van der Waals surface area contributed by atoms with E-state index in [1.807, 2.05) is 0 Å². The quantitative estimate of drug-likeness (QED) is 0.349. The molecular weight excluding hydrogens is 428 g/mol. The molecule has 4 aromatic rings. The molecule has 0 saturated heterocycles. The number of hydrogen-bond acceptors (Lipinski definition) is 4. The maximum absolute atomic E-state index is 14.1. The van der Waals surface area contributed by atoms with Gasteiger partial charge in [-0.15, -0.1) is 0 Å². The molecule has 168 valence electrons. The molecule has 5 nitrogen and oxygen atoms in total. The van der Waals surface area contributed by atoms with Gasteiger partial charge in [-0.3, -0.25) is 9.59 Å². The number of hydrogen-bond donors (Lipinski definition) is 1. The molecule has 0 fully saturated rings. The highest BCUT2D eigenvalue weighted by Crippen LogP contribution is 2.33. The number of aryl methyl sites for hydroxylation is 1. The van der Waals surface area contributed by atoms with Crippen molar-refractivity contribution in [2.75, 3.05) is 5.32 Å². The van der Waals surface area contributed by atoms with Gasteiger partial charge in [-0.2, -0.15) is 0 Å². The summed E-state index contributed by atoms with van der Waals surface area (Å²) in [6.45, 7) is 3.32. The summed E-state index contributed by atoms with van der Waals surface area (Å²) in [6.07, 6.45) is -0.766. The number of halogens is 2. The smallest absolute Gasteiger partial charge is 0.265 e. The lowest BCUT2D eigenvalue weighted by molar-refractivity contribution is -0.122. The maximum Gasteiger partial charge on any atom is 0.265 e. The highest BCUT2D eigenvalue weighted by Gasteiger charge is 2.27. The fraction of sp³-hybridized carbons (Fsp3) is 0.154. The zero-order chi connectivity index (χ0) is 23.5. The van der Waals surface area contributed by atoms with Crippen LogP contribution in [0.25, 0.3) is 11.0 Å². The predicted octanol–water partition coefficient (Wildman–Crippen LogP) is 6.05. The van der Waals surface area contributed by atoms with Gasteiger partial charge < -0.3 is 14.5 Å². The molecule has 1 unspecified atom stereocenters. The first-order chi connectivity index (χ1) is 15.9. The highest BCUT2D eigenvalue weighted by atomic mass is 19.1. The SMILES string of the molecule is CCC(Oc1ccccc1F)C(=O)Nc1c(C(=O)c2ccc(C)c(F)c2)oc2ccccc12. The molecule has 1 amide bonds. The Morgan fingerprint density at radius 2 is 1.73 bits per heavy atom. The largest absolute Gasteiger partial charge is 0.478 e. The lowest BCUT2D eigenvalue weighted by Crippen LogP contribution is -2.33. The fourth-order valence-electron chi connectivity index (χ4n) is 3.41. The minimum atomic E-state index is -1.02. The van der Waals surface area contributed by atoms with E-state index in [9.17, 15) is 18.4 Å². The Labute approximate surface area is 189 Å². The normalized spacial score (nSPS) is 11.9. The molecule has 0 saturated carbocycles. The van der Waals surface area contributed by atoms with E-state index in [0.717, 1.165) is 6.07 Å². The number of amides is 1. The zero-order valence-corrected chi connectivity index (χ0v) is 18.0. The fourth-order valence-corrected chi connectivity index (χ4v) is 3.41. The van der Waals surface area contributed by atoms with Crippen molar-refractivity contribution in [1.29, 1.82) is 0 Å². The molecule has 1 aromatic heterocycles. The number of carbonyl (C=O) groups excluding carboxylic acids is 2. The van der Waals surface area contributed by atoms with E-state index >= 15 is 0 Å². The summed E-state index contributed by atoms with van der Waals surface area (Å²) < 4.78 is 39.4. The number of anilines is 1. The number of benzene rings is 3. The highest BCUT2D eigenvalue weighted by molar-refractivity contribution is 6.17. The molecule has 0 aliphatic heterocycles. The van der Waals surface area contributed by atoms with Gasteiger partial charge in [0, 0.05) is 10.9 Å². The van der Waals surface area contributed by atoms with E-state index < -0.39 is 29.4 Å². The van der Waals surface area contributed by atoms with Crippen molar-refractivity contribution in [3.63, 3.8) is 0 Å². The summed E-state index contributed by atoms with van der Waals surface area (Å²) in [7, 11) is 0. The second kappa shape index (κ2) is 9.24. The minimum Gasteiger partial charge on any atom is -0.478 e. The number of furan rings is 1. The molecule has 33 heavy (non-hydrogen) atoms. The third-order valence-electron chi connectivity index (χ3n) is 5.25. The van der Waals surface area contributed by atoms with Gasteiger partial charge >= 0.3 is 0 Å². The second-order valence-corrected chi connectivity index (χ2v) is 7.53. The van der Waals surface area contributed by atoms with Crippen LogP contribution in [0, 0.1) is 18.6 Å². The molecule has 3 aromatic carbocycles. The van der Waals surface area contributed by atoms with Crippen molar-refractivity contribution in [2.45, 2.75) is 26.4 Å². The van der Waals surface area contributed by atoms with Gasteiger partial charge in [0.05, 0.1) is 5.69 Å². The number of ether oxygens (including phenoxy) is 1. The average molecular weight is 449 g/mol. The van der Waals surface area contributed by atoms with Crippen molar-refractivity contribution in [3.05, 3.63) is 95.3 Å². The Morgan fingerprint density at radius 3 is 2.45 bits per heavy atom. The lowest BCUT2D eigenvalue weighted by Gasteiger charge is -2.17. The van der Waals surface area contributed by atoms with E-state index in [1.165, 1.54) is 30.3 Å². The number of carbonyl (C=O) groups is 2. The van der Waals surface area contributed by atoms with E-state index in [0.29, 0.717) is 16.5 Å². The Balaban J connectivity index is 1.69. The first-order valence-electron chi connectivity index (χ1n) is 10.4. The Bertz CT molecular complexity index is 1350. The topological polar surface area (TPSA) is 68.5 Å². The number of para-hydroxylation sites is 2. The predicted molar refractivity (Wildman–Crippen MR) is 121 cm³/mol. The van der Waals surface area contributed by atoms with Gasteiger partial charge in [0.2, 0.25) is 5.78 Å². The first-order valence-corrected chi connectivity index (χ1v) is 10.4. The van der Waals surface area contributed by atoms with Crippen molar-refractivity contribution in [2.24, 2.45) is 0 Å². The third kappa shape index (κ3) is 4.48. The summed E-state index contributed by atoms with van der Waals surface area (Å²) in [4.78, 5) is 26.2. The maximum atomic E-state index is 14.1. The number of nitrogens with one attached hydrogen (secondary N) is 1. The molecule has 0 aliphatic carbocycles. The van der Waals surface area contributed by atoms with Crippen LogP contribution in [0.4, 0.5) is 14.5 Å². The van der Waals surface area contributed by atoms with E-state index in [2.05, 4.69) is 5.32 Å². The molecule has 0 bridgehead atoms. The number of rotatable bonds is 7. The van der Waals surface area contributed by atoms with Crippen molar-refractivity contribution in [1.82, 2.24) is 0 Å². The van der Waals surface area contributed by atoms with E-state index in [4.69, 9.17) is 9.15 Å². The molecule has 0 spiro atoms. The minimum absolute atomic E-state index is 0.0528. The van der Waals surface area contributed by atoms with Crippen LogP contribution < -0.4 is 10.1 Å². The van der Waals surface area contributed by atoms with Crippen LogP contribution in [0.1, 0.15) is 35.0 Å². The average Bonchev–Trinajstić information content (AvgIpc) is 3.18. The summed E-state index contributed by atoms with van der Waals surface area (Å²) in [5.41, 5.74) is 1.02. The lowest BCUT2D eigenvalue weighted by atomic mass is 10.0. The zero-order valence-electron chi connectivity index (χ0n) is 18.0. The number of fused-ring (bicyclic) bond motifs is 1. The van der Waals surface area contributed by atoms with E-state index in [1.54, 1.807) is 44.2 Å². The van der Waals surface area contributed by atoms with Gasteiger partial charge in [-0.05, 0) is 49.2 Å². The monoisotopic (exact) mass is 449 g/mol. The van der Waals surface area contributed by atoms with Crippen molar-refractivity contribution in [3.8, 4) is 5.75 Å². The van der Waals surface area contributed by atoms with Crippen LogP contribution >= 0.6 is 0 Å².